The first-order valence-electron chi connectivity index (χ1n) is 17.2. The first kappa shape index (κ1) is 32.4. The number of unbranched alkanes of at least 4 members (excludes halogenated alkanes) is 3. The zero-order chi connectivity index (χ0) is 32.1. The molecule has 6 rings (SSSR count). The molecule has 4 aliphatic heterocycles. The number of fused-ring (bicyclic) bond motifs is 2. The van der Waals surface area contributed by atoms with Gasteiger partial charge in [-0.3, -0.25) is 19.2 Å². The van der Waals surface area contributed by atoms with Crippen molar-refractivity contribution in [1.29, 1.82) is 0 Å². The van der Waals surface area contributed by atoms with Crippen LogP contribution < -0.4 is 5.32 Å². The lowest BCUT2D eigenvalue weighted by molar-refractivity contribution is -0.149. The maximum Gasteiger partial charge on any atom is 0.306 e. The normalized spacial score (nSPS) is 32.8. The molecular weight excluding hydrogens is 586 g/mol. The molecule has 0 radical (unpaired) electrons. The molecule has 0 bridgehead atoms. The summed E-state index contributed by atoms with van der Waals surface area (Å²) in [5, 5.41) is 12.3. The van der Waals surface area contributed by atoms with Crippen molar-refractivity contribution in [3.05, 3.63) is 60.2 Å². The van der Waals surface area contributed by atoms with Crippen molar-refractivity contribution >= 4 is 23.7 Å². The number of cyclic esters (lactones) is 1. The van der Waals surface area contributed by atoms with E-state index in [0.717, 1.165) is 50.5 Å². The molecule has 0 unspecified atom stereocenters. The van der Waals surface area contributed by atoms with Crippen molar-refractivity contribution < 1.29 is 33.8 Å². The van der Waals surface area contributed by atoms with E-state index >= 15 is 0 Å². The van der Waals surface area contributed by atoms with Gasteiger partial charge in [-0.2, -0.15) is 0 Å². The molecule has 1 aromatic carbocycles. The number of carbonyl (C=O) groups excluding carboxylic acids is 4. The second-order valence-corrected chi connectivity index (χ2v) is 13.3. The van der Waals surface area contributed by atoms with Gasteiger partial charge in [-0.25, -0.2) is 0 Å². The zero-order valence-electron chi connectivity index (χ0n) is 26.6. The number of allylic oxidation sites excluding steroid dienone is 1. The van der Waals surface area contributed by atoms with Gasteiger partial charge in [0.2, 0.25) is 17.7 Å². The van der Waals surface area contributed by atoms with Crippen LogP contribution in [-0.2, 0) is 28.7 Å². The molecule has 248 valence electrons. The number of nitrogens with one attached hydrogen (secondary N) is 1. The Morgan fingerprint density at radius 2 is 1.72 bits per heavy atom. The number of esters is 1. The Kier molecular flexibility index (Phi) is 10.2. The highest BCUT2D eigenvalue weighted by molar-refractivity contribution is 5.99. The first-order chi connectivity index (χ1) is 22.4. The van der Waals surface area contributed by atoms with Crippen LogP contribution in [0.25, 0.3) is 0 Å². The summed E-state index contributed by atoms with van der Waals surface area (Å²) in [6.07, 6.45) is 15.5. The topological polar surface area (TPSA) is 125 Å². The minimum absolute atomic E-state index is 0.0301. The van der Waals surface area contributed by atoms with E-state index in [0.29, 0.717) is 32.4 Å². The third kappa shape index (κ3) is 6.38. The Hall–Kier alpha value is -3.50. The minimum atomic E-state index is -1.30. The molecule has 10 heteroatoms. The predicted molar refractivity (Wildman–Crippen MR) is 170 cm³/mol. The van der Waals surface area contributed by atoms with Gasteiger partial charge >= 0.3 is 5.97 Å². The smallest absolute Gasteiger partial charge is 0.306 e. The van der Waals surface area contributed by atoms with E-state index < -0.39 is 35.6 Å². The van der Waals surface area contributed by atoms with Crippen LogP contribution in [-0.4, -0.2) is 88.7 Å². The summed E-state index contributed by atoms with van der Waals surface area (Å²) in [6.45, 7) is 0.922. The number of rotatable bonds is 8. The van der Waals surface area contributed by atoms with E-state index in [2.05, 4.69) is 5.32 Å². The summed E-state index contributed by atoms with van der Waals surface area (Å²) in [5.74, 6) is -2.84. The molecular formula is C36H47N3O7. The molecule has 6 atom stereocenters. The predicted octanol–water partition coefficient (Wildman–Crippen LogP) is 3.60. The van der Waals surface area contributed by atoms with Gasteiger partial charge in [0.25, 0.3) is 0 Å². The number of hydrogen-bond donors (Lipinski definition) is 2. The molecule has 4 heterocycles. The highest BCUT2D eigenvalue weighted by atomic mass is 16.5. The molecule has 1 aliphatic carbocycles. The summed E-state index contributed by atoms with van der Waals surface area (Å²) in [7, 11) is 0. The second-order valence-electron chi connectivity index (χ2n) is 13.3. The van der Waals surface area contributed by atoms with Crippen LogP contribution >= 0.6 is 0 Å². The van der Waals surface area contributed by atoms with Crippen molar-refractivity contribution in [3.8, 4) is 0 Å². The molecule has 5 aliphatic rings. The van der Waals surface area contributed by atoms with Crippen LogP contribution in [0.15, 0.2) is 54.6 Å². The first-order valence-corrected chi connectivity index (χ1v) is 17.2. The zero-order valence-corrected chi connectivity index (χ0v) is 26.6. The number of nitrogens with zero attached hydrogens (tertiary/aromatic N) is 2. The summed E-state index contributed by atoms with van der Waals surface area (Å²) in [6, 6.07) is 7.98. The monoisotopic (exact) mass is 633 g/mol. The van der Waals surface area contributed by atoms with Gasteiger partial charge in [0.15, 0.2) is 0 Å². The molecule has 2 saturated heterocycles. The molecule has 2 N–H and O–H groups in total. The van der Waals surface area contributed by atoms with Gasteiger partial charge in [-0.1, -0.05) is 86.7 Å². The highest BCUT2D eigenvalue weighted by Crippen LogP contribution is 2.53. The van der Waals surface area contributed by atoms with Crippen molar-refractivity contribution in [2.45, 2.75) is 100 Å². The van der Waals surface area contributed by atoms with Crippen LogP contribution in [0, 0.1) is 11.8 Å². The molecule has 10 nitrogen and oxygen atoms in total. The third-order valence-electron chi connectivity index (χ3n) is 10.4. The van der Waals surface area contributed by atoms with E-state index in [-0.39, 0.29) is 49.4 Å². The van der Waals surface area contributed by atoms with Crippen molar-refractivity contribution in [1.82, 2.24) is 15.1 Å². The van der Waals surface area contributed by atoms with Gasteiger partial charge in [-0.15, -0.1) is 0 Å². The molecule has 1 aromatic rings. The summed E-state index contributed by atoms with van der Waals surface area (Å²) < 4.78 is 12.4. The highest BCUT2D eigenvalue weighted by Gasteiger charge is 2.71. The van der Waals surface area contributed by atoms with Crippen LogP contribution in [0.1, 0.15) is 82.2 Å². The van der Waals surface area contributed by atoms with Crippen LogP contribution in [0.4, 0.5) is 0 Å². The average Bonchev–Trinajstić information content (AvgIpc) is 3.45. The van der Waals surface area contributed by atoms with Crippen molar-refractivity contribution in [2.75, 3.05) is 26.3 Å². The maximum absolute atomic E-state index is 14.7. The molecule has 1 saturated carbocycles. The molecule has 1 spiro atoms. The lowest BCUT2D eigenvalue weighted by Crippen LogP contribution is -2.57. The number of aliphatic hydroxyl groups is 1. The van der Waals surface area contributed by atoms with E-state index in [1.165, 1.54) is 0 Å². The lowest BCUT2D eigenvalue weighted by Gasteiger charge is -2.39. The van der Waals surface area contributed by atoms with Gasteiger partial charge in [0, 0.05) is 32.2 Å². The Balaban J connectivity index is 1.37. The molecule has 3 amide bonds. The van der Waals surface area contributed by atoms with Gasteiger partial charge in [0.1, 0.15) is 18.2 Å². The Morgan fingerprint density at radius 1 is 0.935 bits per heavy atom. The number of ether oxygens (including phenoxy) is 2. The third-order valence-corrected chi connectivity index (χ3v) is 10.4. The second kappa shape index (κ2) is 14.5. The molecule has 0 aromatic heterocycles. The number of hydrogen-bond acceptors (Lipinski definition) is 7. The number of benzene rings is 1. The van der Waals surface area contributed by atoms with E-state index in [1.54, 1.807) is 11.0 Å². The van der Waals surface area contributed by atoms with E-state index in [1.807, 2.05) is 53.5 Å². The fourth-order valence-electron chi connectivity index (χ4n) is 8.16. The van der Waals surface area contributed by atoms with Crippen LogP contribution in [0.5, 0.6) is 0 Å². The number of aliphatic hydroxyl groups excluding tert-OH is 1. The van der Waals surface area contributed by atoms with Crippen molar-refractivity contribution in [3.63, 3.8) is 0 Å². The average molecular weight is 634 g/mol. The largest absolute Gasteiger partial charge is 0.463 e. The Bertz CT molecular complexity index is 1330. The standard InChI is InChI=1S/C36H47N3O7/c40-23-12-2-1-11-21-39-32-35(44)38(26-16-7-4-8-17-26)22-13-20-36(32)31(34(39)43)30-28(46-36)18-9-10-19-29(41)45-24-27(37-33(30)42)25-14-5-3-6-15-25/h3,5-6,9,13-15,18,20,26-28,30-32,40H,1-2,4,7-8,10-12,16-17,19,21-24H2,(H,37,42)/b18-9-/t27-,28+,30-,31-,32+,36-/m0/s1. The maximum atomic E-state index is 14.7. The fraction of sp³-hybridized carbons (Fsp3) is 0.611. The van der Waals surface area contributed by atoms with Crippen LogP contribution in [0.2, 0.25) is 0 Å². The van der Waals surface area contributed by atoms with Gasteiger partial charge < -0.3 is 29.7 Å². The number of carbonyl (C=O) groups is 4. The lowest BCUT2D eigenvalue weighted by atomic mass is 9.77. The number of likely N-dealkylation sites (tertiary alicyclic amines) is 1. The quantitative estimate of drug-likeness (QED) is 0.255. The van der Waals surface area contributed by atoms with E-state index in [9.17, 15) is 24.3 Å². The molecule has 3 fully saturated rings. The minimum Gasteiger partial charge on any atom is -0.463 e. The van der Waals surface area contributed by atoms with Crippen LogP contribution in [0.3, 0.4) is 0 Å². The number of amides is 3. The summed E-state index contributed by atoms with van der Waals surface area (Å²) >= 11 is 0. The van der Waals surface area contributed by atoms with E-state index in [4.69, 9.17) is 9.47 Å². The Labute approximate surface area is 271 Å². The fourth-order valence-corrected chi connectivity index (χ4v) is 8.16. The van der Waals surface area contributed by atoms with Gasteiger partial charge in [-0.05, 0) is 37.7 Å². The summed E-state index contributed by atoms with van der Waals surface area (Å²) in [4.78, 5) is 59.8. The van der Waals surface area contributed by atoms with Crippen molar-refractivity contribution in [2.24, 2.45) is 11.8 Å². The molecule has 46 heavy (non-hydrogen) atoms. The Morgan fingerprint density at radius 3 is 2.50 bits per heavy atom. The SMILES string of the molecule is O=C1CC/C=C\[C@H]2O[C@]34C=CCN(C5CCCCC5)C(=O)[C@H]3N(CCCCCCO)C(=O)[C@@H]4[C@H]2C(=O)N[C@H](c2ccccc2)CO1. The van der Waals surface area contributed by atoms with Gasteiger partial charge in [0.05, 0.1) is 24.0 Å². The summed E-state index contributed by atoms with van der Waals surface area (Å²) in [5.41, 5.74) is -0.511.